The Kier molecular flexibility index (Phi) is 8.04. The average molecular weight is 482 g/mol. The fourth-order valence-electron chi connectivity index (χ4n) is 3.10. The van der Waals surface area contributed by atoms with Crippen molar-refractivity contribution in [3.63, 3.8) is 0 Å². The monoisotopic (exact) mass is 481 g/mol. The highest BCUT2D eigenvalue weighted by Crippen LogP contribution is 2.18. The first kappa shape index (κ1) is 24.9. The third-order valence-corrected chi connectivity index (χ3v) is 6.37. The Labute approximate surface area is 199 Å². The van der Waals surface area contributed by atoms with Crippen LogP contribution in [-0.4, -0.2) is 26.3 Å². The molecule has 0 atom stereocenters. The van der Waals surface area contributed by atoms with Crippen LogP contribution in [0.3, 0.4) is 0 Å². The summed E-state index contributed by atoms with van der Waals surface area (Å²) in [5.41, 5.74) is 6.36. The number of amides is 2. The van der Waals surface area contributed by atoms with Crippen LogP contribution in [0.15, 0.2) is 77.7 Å². The van der Waals surface area contributed by atoms with Crippen LogP contribution in [0.25, 0.3) is 0 Å². The lowest BCUT2D eigenvalue weighted by molar-refractivity contribution is 0.0846. The Morgan fingerprint density at radius 2 is 1.44 bits per heavy atom. The molecule has 9 heteroatoms. The van der Waals surface area contributed by atoms with Crippen molar-refractivity contribution in [2.75, 3.05) is 0 Å². The van der Waals surface area contributed by atoms with E-state index in [2.05, 4.69) is 15.6 Å². The summed E-state index contributed by atoms with van der Waals surface area (Å²) in [5, 5.41) is 0. The number of benzene rings is 3. The number of hydrogen-bond donors (Lipinski definition) is 3. The highest BCUT2D eigenvalue weighted by atomic mass is 32.2. The minimum absolute atomic E-state index is 0.00992. The minimum atomic E-state index is -3.86. The molecule has 0 unspecified atom stereocenters. The van der Waals surface area contributed by atoms with E-state index >= 15 is 0 Å². The van der Waals surface area contributed by atoms with Crippen molar-refractivity contribution in [3.8, 4) is 5.75 Å². The first-order valence-corrected chi connectivity index (χ1v) is 12.2. The predicted molar refractivity (Wildman–Crippen MR) is 129 cm³/mol. The van der Waals surface area contributed by atoms with E-state index in [1.807, 2.05) is 44.2 Å². The fourth-order valence-corrected chi connectivity index (χ4v) is 4.38. The quantitative estimate of drug-likeness (QED) is 0.427. The summed E-state index contributed by atoms with van der Waals surface area (Å²) in [6, 6.07) is 19.9. The smallest absolute Gasteiger partial charge is 0.269 e. The van der Waals surface area contributed by atoms with Crippen molar-refractivity contribution in [2.45, 2.75) is 38.3 Å². The molecule has 3 aromatic carbocycles. The average Bonchev–Trinajstić information content (AvgIpc) is 2.82. The minimum Gasteiger partial charge on any atom is -0.491 e. The second kappa shape index (κ2) is 11.0. The third-order valence-electron chi connectivity index (χ3n) is 4.83. The maximum Gasteiger partial charge on any atom is 0.269 e. The maximum atomic E-state index is 12.8. The van der Waals surface area contributed by atoms with Gasteiger partial charge in [0.05, 0.1) is 11.0 Å². The summed E-state index contributed by atoms with van der Waals surface area (Å²) in [7, 11) is -3.86. The molecule has 0 bridgehead atoms. The number of hydrazine groups is 1. The highest BCUT2D eigenvalue weighted by molar-refractivity contribution is 7.89. The Morgan fingerprint density at radius 1 is 0.853 bits per heavy atom. The third kappa shape index (κ3) is 6.66. The van der Waals surface area contributed by atoms with Crippen LogP contribution in [0.4, 0.5) is 0 Å². The zero-order valence-electron chi connectivity index (χ0n) is 19.2. The van der Waals surface area contributed by atoms with E-state index in [9.17, 15) is 18.0 Å². The summed E-state index contributed by atoms with van der Waals surface area (Å²) in [6.45, 7) is 5.57. The van der Waals surface area contributed by atoms with E-state index in [0.29, 0.717) is 16.9 Å². The normalized spacial score (nSPS) is 11.2. The van der Waals surface area contributed by atoms with Crippen molar-refractivity contribution < 1.29 is 22.7 Å². The zero-order chi connectivity index (χ0) is 24.7. The van der Waals surface area contributed by atoms with Crippen molar-refractivity contribution in [1.29, 1.82) is 0 Å². The first-order chi connectivity index (χ1) is 16.2. The Hall–Kier alpha value is -3.69. The van der Waals surface area contributed by atoms with Crippen LogP contribution in [0.1, 0.15) is 45.7 Å². The topological polar surface area (TPSA) is 114 Å². The zero-order valence-corrected chi connectivity index (χ0v) is 20.0. The number of carbonyl (C=O) groups is 2. The predicted octanol–water partition coefficient (Wildman–Crippen LogP) is 3.34. The standard InChI is InChI=1S/C25H27N3O5S/c1-17(2)33-22-13-11-20(12-14-22)24(29)27-28-25(30)21-10-9-18(3)23(15-21)34(31,32)26-16-19-7-5-4-6-8-19/h4-15,17,26H,16H2,1-3H3,(H,27,29)(H,28,30). The van der Waals surface area contributed by atoms with Crippen LogP contribution in [0.5, 0.6) is 5.75 Å². The van der Waals surface area contributed by atoms with Gasteiger partial charge < -0.3 is 4.74 Å². The van der Waals surface area contributed by atoms with E-state index in [1.165, 1.54) is 12.1 Å². The van der Waals surface area contributed by atoms with Crippen LogP contribution < -0.4 is 20.3 Å². The second-order valence-electron chi connectivity index (χ2n) is 7.89. The van der Waals surface area contributed by atoms with Crippen LogP contribution in [-0.2, 0) is 16.6 Å². The number of rotatable bonds is 8. The van der Waals surface area contributed by atoms with E-state index in [1.54, 1.807) is 37.3 Å². The summed E-state index contributed by atoms with van der Waals surface area (Å²) in [6.07, 6.45) is 0.00992. The Bertz CT molecular complexity index is 1260. The molecule has 0 aliphatic heterocycles. The summed E-state index contributed by atoms with van der Waals surface area (Å²) in [4.78, 5) is 24.9. The molecule has 3 aromatic rings. The molecule has 0 saturated carbocycles. The molecule has 0 aliphatic carbocycles. The number of nitrogens with one attached hydrogen (secondary N) is 3. The van der Waals surface area contributed by atoms with Gasteiger partial charge in [-0.05, 0) is 68.3 Å². The molecule has 178 valence electrons. The van der Waals surface area contributed by atoms with Gasteiger partial charge >= 0.3 is 0 Å². The molecule has 3 rings (SSSR count). The molecule has 34 heavy (non-hydrogen) atoms. The number of sulfonamides is 1. The Morgan fingerprint density at radius 3 is 2.06 bits per heavy atom. The molecule has 0 aromatic heterocycles. The van der Waals surface area contributed by atoms with Crippen LogP contribution in [0.2, 0.25) is 0 Å². The van der Waals surface area contributed by atoms with Crippen LogP contribution >= 0.6 is 0 Å². The molecule has 0 heterocycles. The summed E-state index contributed by atoms with van der Waals surface area (Å²) < 4.78 is 33.7. The van der Waals surface area contributed by atoms with Gasteiger partial charge in [-0.25, -0.2) is 13.1 Å². The van der Waals surface area contributed by atoms with Gasteiger partial charge in [-0.1, -0.05) is 36.4 Å². The lowest BCUT2D eigenvalue weighted by Gasteiger charge is -2.12. The van der Waals surface area contributed by atoms with E-state index < -0.39 is 21.8 Å². The number of hydrogen-bond acceptors (Lipinski definition) is 5. The van der Waals surface area contributed by atoms with Gasteiger partial charge in [-0.2, -0.15) is 0 Å². The number of aryl methyl sites for hydroxylation is 1. The maximum absolute atomic E-state index is 12.8. The molecular formula is C25H27N3O5S. The van der Waals surface area contributed by atoms with Crippen molar-refractivity contribution in [2.24, 2.45) is 0 Å². The van der Waals surface area contributed by atoms with Gasteiger partial charge in [0.1, 0.15) is 5.75 Å². The fraction of sp³-hybridized carbons (Fsp3) is 0.200. The van der Waals surface area contributed by atoms with Gasteiger partial charge in [-0.15, -0.1) is 0 Å². The lowest BCUT2D eigenvalue weighted by Crippen LogP contribution is -2.41. The van der Waals surface area contributed by atoms with Gasteiger partial charge in [0.25, 0.3) is 11.8 Å². The summed E-state index contributed by atoms with van der Waals surface area (Å²) in [5.74, 6) is -0.536. The van der Waals surface area contributed by atoms with Crippen molar-refractivity contribution >= 4 is 21.8 Å². The molecule has 0 aliphatic rings. The molecule has 0 spiro atoms. The van der Waals surface area contributed by atoms with Crippen molar-refractivity contribution in [3.05, 3.63) is 95.1 Å². The summed E-state index contributed by atoms with van der Waals surface area (Å²) >= 11 is 0. The Balaban J connectivity index is 1.65. The molecule has 2 amide bonds. The molecule has 8 nitrogen and oxygen atoms in total. The van der Waals surface area contributed by atoms with E-state index in [4.69, 9.17) is 4.74 Å². The second-order valence-corrected chi connectivity index (χ2v) is 9.63. The highest BCUT2D eigenvalue weighted by Gasteiger charge is 2.19. The van der Waals surface area contributed by atoms with Gasteiger partial charge in [0, 0.05) is 17.7 Å². The van der Waals surface area contributed by atoms with Gasteiger partial charge in [0.15, 0.2) is 0 Å². The lowest BCUT2D eigenvalue weighted by atomic mass is 10.1. The number of ether oxygens (including phenoxy) is 1. The molecule has 0 radical (unpaired) electrons. The molecular weight excluding hydrogens is 454 g/mol. The van der Waals surface area contributed by atoms with Crippen molar-refractivity contribution in [1.82, 2.24) is 15.6 Å². The van der Waals surface area contributed by atoms with E-state index in [-0.39, 0.29) is 23.1 Å². The molecule has 0 saturated heterocycles. The molecule has 3 N–H and O–H groups in total. The van der Waals surface area contributed by atoms with E-state index in [0.717, 1.165) is 5.56 Å². The van der Waals surface area contributed by atoms with Gasteiger partial charge in [-0.3, -0.25) is 20.4 Å². The first-order valence-electron chi connectivity index (χ1n) is 10.7. The largest absolute Gasteiger partial charge is 0.491 e. The SMILES string of the molecule is Cc1ccc(C(=O)NNC(=O)c2ccc(OC(C)C)cc2)cc1S(=O)(=O)NCc1ccccc1. The van der Waals surface area contributed by atoms with Gasteiger partial charge in [0.2, 0.25) is 10.0 Å². The van der Waals surface area contributed by atoms with Crippen LogP contribution in [0, 0.1) is 6.92 Å². The number of carbonyl (C=O) groups excluding carboxylic acids is 2. The molecule has 0 fully saturated rings.